The van der Waals surface area contributed by atoms with Gasteiger partial charge in [0.15, 0.2) is 0 Å². The third-order valence-electron chi connectivity index (χ3n) is 4.42. The molecule has 0 bridgehead atoms. The summed E-state index contributed by atoms with van der Waals surface area (Å²) >= 11 is 3.38. The van der Waals surface area contributed by atoms with Gasteiger partial charge in [-0.1, -0.05) is 15.9 Å². The van der Waals surface area contributed by atoms with Crippen molar-refractivity contribution in [2.45, 2.75) is 19.8 Å². The molecule has 7 heteroatoms. The zero-order valence-corrected chi connectivity index (χ0v) is 17.0. The number of piperidine rings is 1. The highest BCUT2D eigenvalue weighted by Crippen LogP contribution is 2.18. The van der Waals surface area contributed by atoms with Crippen LogP contribution in [0.3, 0.4) is 0 Å². The lowest BCUT2D eigenvalue weighted by Crippen LogP contribution is -2.45. The molecule has 26 heavy (non-hydrogen) atoms. The maximum atomic E-state index is 12.4. The molecule has 0 aromatic heterocycles. The number of ether oxygens (including phenoxy) is 2. The summed E-state index contributed by atoms with van der Waals surface area (Å²) in [4.78, 5) is 28.0. The Balaban J connectivity index is 1.72. The van der Waals surface area contributed by atoms with E-state index in [-0.39, 0.29) is 17.8 Å². The lowest BCUT2D eigenvalue weighted by molar-refractivity contribution is -0.150. The van der Waals surface area contributed by atoms with Gasteiger partial charge in [0, 0.05) is 18.1 Å². The van der Waals surface area contributed by atoms with Crippen LogP contribution >= 0.6 is 15.9 Å². The van der Waals surface area contributed by atoms with E-state index < -0.39 is 0 Å². The Kier molecular flexibility index (Phi) is 8.38. The number of hydrogen-bond donors (Lipinski definition) is 0. The second-order valence-electron chi connectivity index (χ2n) is 6.44. The molecule has 1 aromatic rings. The van der Waals surface area contributed by atoms with Gasteiger partial charge in [0.1, 0.15) is 12.4 Å². The van der Waals surface area contributed by atoms with Crippen LogP contribution in [0.1, 0.15) is 19.8 Å². The van der Waals surface area contributed by atoms with Crippen LogP contribution < -0.4 is 4.74 Å². The number of likely N-dealkylation sites (N-methyl/N-ethyl adjacent to an activating group) is 1. The van der Waals surface area contributed by atoms with E-state index in [9.17, 15) is 9.59 Å². The van der Waals surface area contributed by atoms with Gasteiger partial charge in [-0.3, -0.25) is 14.5 Å². The quantitative estimate of drug-likeness (QED) is 0.597. The molecule has 0 saturated carbocycles. The van der Waals surface area contributed by atoms with Crippen molar-refractivity contribution in [3.63, 3.8) is 0 Å². The zero-order valence-electron chi connectivity index (χ0n) is 15.4. The van der Waals surface area contributed by atoms with Gasteiger partial charge in [-0.15, -0.1) is 0 Å². The smallest absolute Gasteiger partial charge is 0.310 e. The summed E-state index contributed by atoms with van der Waals surface area (Å²) in [6.07, 6.45) is 1.74. The van der Waals surface area contributed by atoms with Gasteiger partial charge >= 0.3 is 5.97 Å². The number of amides is 1. The Morgan fingerprint density at radius 3 is 2.73 bits per heavy atom. The number of esters is 1. The summed E-state index contributed by atoms with van der Waals surface area (Å²) < 4.78 is 11.8. The topological polar surface area (TPSA) is 59.1 Å². The van der Waals surface area contributed by atoms with Crippen molar-refractivity contribution < 1.29 is 19.1 Å². The molecule has 1 aliphatic rings. The van der Waals surface area contributed by atoms with Gasteiger partial charge in [0.25, 0.3) is 0 Å². The van der Waals surface area contributed by atoms with E-state index in [0.717, 1.165) is 29.6 Å². The molecule has 0 radical (unpaired) electrons. The minimum absolute atomic E-state index is 0.0360. The standard InChI is InChI=1S/C19H27BrN2O4/c1-3-25-19(24)15-5-4-10-22(13-15)14-18(23)21(2)11-12-26-17-8-6-16(20)7-9-17/h6-9,15H,3-5,10-14H2,1-2H3. The highest BCUT2D eigenvalue weighted by atomic mass is 79.9. The third kappa shape index (κ3) is 6.61. The fourth-order valence-corrected chi connectivity index (χ4v) is 3.18. The molecule has 2 rings (SSSR count). The fourth-order valence-electron chi connectivity index (χ4n) is 2.92. The average molecular weight is 427 g/mol. The van der Waals surface area contributed by atoms with E-state index in [1.54, 1.807) is 11.9 Å². The molecule has 1 aliphatic heterocycles. The van der Waals surface area contributed by atoms with Crippen molar-refractivity contribution in [3.8, 4) is 5.75 Å². The molecule has 1 atom stereocenters. The normalized spacial score (nSPS) is 17.6. The first-order valence-corrected chi connectivity index (χ1v) is 9.80. The number of hydrogen-bond acceptors (Lipinski definition) is 5. The maximum Gasteiger partial charge on any atom is 0.310 e. The van der Waals surface area contributed by atoms with Crippen LogP contribution in [0, 0.1) is 5.92 Å². The van der Waals surface area contributed by atoms with E-state index in [4.69, 9.17) is 9.47 Å². The van der Waals surface area contributed by atoms with Gasteiger partial charge in [-0.2, -0.15) is 0 Å². The summed E-state index contributed by atoms with van der Waals surface area (Å²) in [7, 11) is 1.78. The Hall–Kier alpha value is -1.60. The van der Waals surface area contributed by atoms with Crippen molar-refractivity contribution in [1.29, 1.82) is 0 Å². The predicted molar refractivity (Wildman–Crippen MR) is 103 cm³/mol. The van der Waals surface area contributed by atoms with Crippen LogP contribution in [-0.4, -0.2) is 68.1 Å². The predicted octanol–water partition coefficient (Wildman–Crippen LogP) is 2.56. The summed E-state index contributed by atoms with van der Waals surface area (Å²) in [5.41, 5.74) is 0. The van der Waals surface area contributed by atoms with Crippen LogP contribution in [0.15, 0.2) is 28.7 Å². The Labute approximate surface area is 163 Å². The molecular weight excluding hydrogens is 400 g/mol. The Morgan fingerprint density at radius 2 is 2.04 bits per heavy atom. The minimum Gasteiger partial charge on any atom is -0.492 e. The number of benzene rings is 1. The molecule has 1 unspecified atom stereocenters. The second-order valence-corrected chi connectivity index (χ2v) is 7.36. The van der Waals surface area contributed by atoms with Crippen molar-refractivity contribution >= 4 is 27.8 Å². The molecule has 1 amide bonds. The van der Waals surface area contributed by atoms with Gasteiger partial charge < -0.3 is 14.4 Å². The molecule has 144 valence electrons. The van der Waals surface area contributed by atoms with Crippen LogP contribution in [0.25, 0.3) is 0 Å². The maximum absolute atomic E-state index is 12.4. The van der Waals surface area contributed by atoms with E-state index >= 15 is 0 Å². The average Bonchev–Trinajstić information content (AvgIpc) is 2.63. The summed E-state index contributed by atoms with van der Waals surface area (Å²) in [6.45, 7) is 4.92. The van der Waals surface area contributed by atoms with Gasteiger partial charge in [-0.05, 0) is 50.6 Å². The molecule has 1 fully saturated rings. The first kappa shape index (κ1) is 20.7. The van der Waals surface area contributed by atoms with Gasteiger partial charge in [0.2, 0.25) is 5.91 Å². The van der Waals surface area contributed by atoms with Crippen LogP contribution in [-0.2, 0) is 14.3 Å². The first-order valence-electron chi connectivity index (χ1n) is 9.01. The van der Waals surface area contributed by atoms with Crippen molar-refractivity contribution in [1.82, 2.24) is 9.80 Å². The Bertz CT molecular complexity index is 594. The largest absolute Gasteiger partial charge is 0.492 e. The van der Waals surface area contributed by atoms with E-state index in [0.29, 0.717) is 32.8 Å². The molecule has 0 aliphatic carbocycles. The first-order chi connectivity index (χ1) is 12.5. The molecule has 1 saturated heterocycles. The number of carbonyl (C=O) groups is 2. The van der Waals surface area contributed by atoms with E-state index in [1.165, 1.54) is 0 Å². The Morgan fingerprint density at radius 1 is 1.31 bits per heavy atom. The molecule has 0 N–H and O–H groups in total. The molecule has 0 spiro atoms. The lowest BCUT2D eigenvalue weighted by Gasteiger charge is -2.32. The monoisotopic (exact) mass is 426 g/mol. The van der Waals surface area contributed by atoms with Crippen molar-refractivity contribution in [2.24, 2.45) is 5.92 Å². The number of likely N-dealkylation sites (tertiary alicyclic amines) is 1. The molecular formula is C19H27BrN2O4. The van der Waals surface area contributed by atoms with Gasteiger partial charge in [0.05, 0.1) is 25.6 Å². The van der Waals surface area contributed by atoms with Gasteiger partial charge in [-0.25, -0.2) is 0 Å². The molecule has 6 nitrogen and oxygen atoms in total. The SMILES string of the molecule is CCOC(=O)C1CCCN(CC(=O)N(C)CCOc2ccc(Br)cc2)C1. The van der Waals surface area contributed by atoms with Crippen LogP contribution in [0.2, 0.25) is 0 Å². The molecule has 1 aromatic carbocycles. The van der Waals surface area contributed by atoms with Crippen molar-refractivity contribution in [3.05, 3.63) is 28.7 Å². The van der Waals surface area contributed by atoms with E-state index in [1.807, 2.05) is 36.1 Å². The minimum atomic E-state index is -0.152. The number of halogens is 1. The van der Waals surface area contributed by atoms with E-state index in [2.05, 4.69) is 15.9 Å². The highest BCUT2D eigenvalue weighted by Gasteiger charge is 2.28. The number of nitrogens with zero attached hydrogens (tertiary/aromatic N) is 2. The number of rotatable bonds is 8. The number of carbonyl (C=O) groups excluding carboxylic acids is 2. The fraction of sp³-hybridized carbons (Fsp3) is 0.579. The van der Waals surface area contributed by atoms with Crippen LogP contribution in [0.4, 0.5) is 0 Å². The lowest BCUT2D eigenvalue weighted by atomic mass is 9.98. The summed E-state index contributed by atoms with van der Waals surface area (Å²) in [5, 5.41) is 0. The van der Waals surface area contributed by atoms with Crippen molar-refractivity contribution in [2.75, 3.05) is 46.4 Å². The summed E-state index contributed by atoms with van der Waals surface area (Å²) in [6, 6.07) is 7.60. The highest BCUT2D eigenvalue weighted by molar-refractivity contribution is 9.10. The second kappa shape index (κ2) is 10.5. The summed E-state index contributed by atoms with van der Waals surface area (Å²) in [5.74, 6) is 0.541. The van der Waals surface area contributed by atoms with Crippen LogP contribution in [0.5, 0.6) is 5.75 Å². The third-order valence-corrected chi connectivity index (χ3v) is 4.95. The zero-order chi connectivity index (χ0) is 18.9. The molecule has 1 heterocycles.